The average Bonchev–Trinajstić information content (AvgIpc) is 2.65. The van der Waals surface area contributed by atoms with Crippen LogP contribution in [-0.2, 0) is 11.2 Å². The van der Waals surface area contributed by atoms with Gasteiger partial charge in [-0.1, -0.05) is 6.07 Å². The number of carbonyl (C=O) groups excluding carboxylic acids is 1. The van der Waals surface area contributed by atoms with Crippen molar-refractivity contribution in [2.75, 3.05) is 5.32 Å². The van der Waals surface area contributed by atoms with E-state index >= 15 is 0 Å². The monoisotopic (exact) mass is 217 g/mol. The van der Waals surface area contributed by atoms with Gasteiger partial charge in [0, 0.05) is 12.4 Å². The molecule has 2 N–H and O–H groups in total. The van der Waals surface area contributed by atoms with Crippen LogP contribution < -0.4 is 5.32 Å². The van der Waals surface area contributed by atoms with Gasteiger partial charge in [-0.05, 0) is 18.6 Å². The highest BCUT2D eigenvalue weighted by molar-refractivity contribution is 5.90. The van der Waals surface area contributed by atoms with E-state index in [1.807, 2.05) is 6.07 Å². The zero-order chi connectivity index (χ0) is 11.4. The van der Waals surface area contributed by atoms with Crippen molar-refractivity contribution < 1.29 is 4.79 Å². The van der Waals surface area contributed by atoms with Crippen molar-refractivity contribution in [1.82, 2.24) is 20.2 Å². The third-order valence-electron chi connectivity index (χ3n) is 1.94. The van der Waals surface area contributed by atoms with Crippen molar-refractivity contribution in [1.29, 1.82) is 0 Å². The Balaban J connectivity index is 1.95. The highest BCUT2D eigenvalue weighted by Crippen LogP contribution is 2.01. The Morgan fingerprint density at radius 3 is 3.06 bits per heavy atom. The summed E-state index contributed by atoms with van der Waals surface area (Å²) in [4.78, 5) is 19.5. The molecule has 82 valence electrons. The minimum Gasteiger partial charge on any atom is -0.293 e. The fourth-order valence-corrected chi connectivity index (χ4v) is 1.26. The molecule has 0 saturated heterocycles. The number of anilines is 1. The van der Waals surface area contributed by atoms with Crippen LogP contribution in [0.25, 0.3) is 0 Å². The maximum absolute atomic E-state index is 11.6. The summed E-state index contributed by atoms with van der Waals surface area (Å²) in [5.74, 6) is 0.801. The Kier molecular flexibility index (Phi) is 2.90. The van der Waals surface area contributed by atoms with Crippen LogP contribution in [0.2, 0.25) is 0 Å². The van der Waals surface area contributed by atoms with Crippen LogP contribution >= 0.6 is 0 Å². The lowest BCUT2D eigenvalue weighted by molar-refractivity contribution is -0.115. The molecule has 0 aliphatic carbocycles. The molecule has 6 heteroatoms. The molecule has 2 aromatic rings. The van der Waals surface area contributed by atoms with Gasteiger partial charge in [0.25, 0.3) is 0 Å². The van der Waals surface area contributed by atoms with Crippen LogP contribution in [0.1, 0.15) is 11.4 Å². The lowest BCUT2D eigenvalue weighted by atomic mass is 10.2. The highest BCUT2D eigenvalue weighted by Gasteiger charge is 2.06. The molecule has 0 saturated carbocycles. The van der Waals surface area contributed by atoms with Gasteiger partial charge < -0.3 is 0 Å². The summed E-state index contributed by atoms with van der Waals surface area (Å²) in [6, 6.07) is 3.63. The van der Waals surface area contributed by atoms with Crippen molar-refractivity contribution in [3.63, 3.8) is 0 Å². The van der Waals surface area contributed by atoms with Gasteiger partial charge in [-0.3, -0.25) is 20.2 Å². The van der Waals surface area contributed by atoms with E-state index in [4.69, 9.17) is 0 Å². The zero-order valence-electron chi connectivity index (χ0n) is 8.77. The molecule has 6 nitrogen and oxygen atoms in total. The maximum Gasteiger partial charge on any atom is 0.248 e. The van der Waals surface area contributed by atoms with Crippen molar-refractivity contribution in [2.24, 2.45) is 0 Å². The molecule has 16 heavy (non-hydrogen) atoms. The summed E-state index contributed by atoms with van der Waals surface area (Å²) >= 11 is 0. The number of rotatable bonds is 3. The quantitative estimate of drug-likeness (QED) is 0.792. The second-order valence-corrected chi connectivity index (χ2v) is 3.33. The van der Waals surface area contributed by atoms with E-state index in [0.29, 0.717) is 11.8 Å². The minimum absolute atomic E-state index is 0.160. The summed E-state index contributed by atoms with van der Waals surface area (Å²) in [6.07, 6.45) is 3.59. The molecule has 2 heterocycles. The van der Waals surface area contributed by atoms with Gasteiger partial charge in [0.1, 0.15) is 5.82 Å². The number of hydrogen-bond acceptors (Lipinski definition) is 4. The predicted octanol–water partition coefficient (Wildman–Crippen LogP) is 0.689. The molecule has 0 fully saturated rings. The summed E-state index contributed by atoms with van der Waals surface area (Å²) < 4.78 is 0. The van der Waals surface area contributed by atoms with E-state index in [0.717, 1.165) is 5.56 Å². The number of nitrogens with one attached hydrogen (secondary N) is 2. The van der Waals surface area contributed by atoms with E-state index in [1.165, 1.54) is 0 Å². The first-order valence-corrected chi connectivity index (χ1v) is 4.82. The third-order valence-corrected chi connectivity index (χ3v) is 1.94. The molecular weight excluding hydrogens is 206 g/mol. The largest absolute Gasteiger partial charge is 0.293 e. The van der Waals surface area contributed by atoms with E-state index in [2.05, 4.69) is 25.5 Å². The highest BCUT2D eigenvalue weighted by atomic mass is 16.1. The molecule has 2 rings (SSSR count). The van der Waals surface area contributed by atoms with Crippen LogP contribution in [0.3, 0.4) is 0 Å². The smallest absolute Gasteiger partial charge is 0.248 e. The summed E-state index contributed by atoms with van der Waals surface area (Å²) in [5.41, 5.74) is 0.854. The first kappa shape index (κ1) is 10.3. The van der Waals surface area contributed by atoms with Crippen LogP contribution in [0.15, 0.2) is 24.5 Å². The molecule has 0 aromatic carbocycles. The van der Waals surface area contributed by atoms with Gasteiger partial charge in [-0.25, -0.2) is 0 Å². The standard InChI is InChI=1S/C10H11N5O/c1-7-12-10(15-14-7)13-9(16)5-8-3-2-4-11-6-8/h2-4,6H,5H2,1H3,(H2,12,13,14,15,16). The van der Waals surface area contributed by atoms with Crippen LogP contribution in [-0.4, -0.2) is 26.1 Å². The lowest BCUT2D eigenvalue weighted by Gasteiger charge is -2.00. The Morgan fingerprint density at radius 1 is 1.56 bits per heavy atom. The Hall–Kier alpha value is -2.24. The average molecular weight is 217 g/mol. The van der Waals surface area contributed by atoms with Gasteiger partial charge in [0.05, 0.1) is 6.42 Å². The summed E-state index contributed by atoms with van der Waals surface area (Å²) in [7, 11) is 0. The normalized spacial score (nSPS) is 10.1. The van der Waals surface area contributed by atoms with Crippen molar-refractivity contribution >= 4 is 11.9 Å². The van der Waals surface area contributed by atoms with E-state index in [-0.39, 0.29) is 12.3 Å². The topological polar surface area (TPSA) is 83.6 Å². The maximum atomic E-state index is 11.6. The summed E-state index contributed by atoms with van der Waals surface area (Å²) in [6.45, 7) is 1.77. The minimum atomic E-state index is -0.160. The molecule has 1 amide bonds. The Bertz CT molecular complexity index is 479. The first-order valence-electron chi connectivity index (χ1n) is 4.82. The molecule has 0 aliphatic heterocycles. The van der Waals surface area contributed by atoms with Gasteiger partial charge in [-0.15, -0.1) is 5.10 Å². The SMILES string of the molecule is Cc1nc(NC(=O)Cc2cccnc2)n[nH]1. The second kappa shape index (κ2) is 4.52. The molecule has 0 spiro atoms. The fourth-order valence-electron chi connectivity index (χ4n) is 1.26. The molecule has 0 aliphatic rings. The number of H-pyrrole nitrogens is 1. The van der Waals surface area contributed by atoms with Crippen molar-refractivity contribution in [2.45, 2.75) is 13.3 Å². The second-order valence-electron chi connectivity index (χ2n) is 3.33. The number of pyridine rings is 1. The van der Waals surface area contributed by atoms with E-state index in [1.54, 1.807) is 25.4 Å². The number of hydrogen-bond donors (Lipinski definition) is 2. The number of carbonyl (C=O) groups is 1. The first-order chi connectivity index (χ1) is 7.74. The number of nitrogens with zero attached hydrogens (tertiary/aromatic N) is 3. The van der Waals surface area contributed by atoms with E-state index < -0.39 is 0 Å². The number of aryl methyl sites for hydroxylation is 1. The van der Waals surface area contributed by atoms with Crippen molar-refractivity contribution in [3.8, 4) is 0 Å². The molecule has 0 radical (unpaired) electrons. The molecule has 2 aromatic heterocycles. The Labute approximate surface area is 92.1 Å². The lowest BCUT2D eigenvalue weighted by Crippen LogP contribution is -2.15. The van der Waals surface area contributed by atoms with Crippen molar-refractivity contribution in [3.05, 3.63) is 35.9 Å². The van der Waals surface area contributed by atoms with E-state index in [9.17, 15) is 4.79 Å². The molecular formula is C10H11N5O. The fraction of sp³-hybridized carbons (Fsp3) is 0.200. The third kappa shape index (κ3) is 2.63. The van der Waals surface area contributed by atoms with Crippen LogP contribution in [0.5, 0.6) is 0 Å². The Morgan fingerprint density at radius 2 is 2.44 bits per heavy atom. The van der Waals surface area contributed by atoms with Gasteiger partial charge >= 0.3 is 0 Å². The zero-order valence-corrected chi connectivity index (χ0v) is 8.77. The summed E-state index contributed by atoms with van der Waals surface area (Å²) in [5, 5.41) is 9.05. The van der Waals surface area contributed by atoms with Crippen LogP contribution in [0.4, 0.5) is 5.95 Å². The van der Waals surface area contributed by atoms with Crippen LogP contribution in [0, 0.1) is 6.92 Å². The predicted molar refractivity (Wildman–Crippen MR) is 57.7 cm³/mol. The van der Waals surface area contributed by atoms with Gasteiger partial charge in [0.15, 0.2) is 0 Å². The number of aromatic amines is 1. The number of aromatic nitrogens is 4. The molecule has 0 atom stereocenters. The van der Waals surface area contributed by atoms with Gasteiger partial charge in [0.2, 0.25) is 11.9 Å². The number of amides is 1. The van der Waals surface area contributed by atoms with Gasteiger partial charge in [-0.2, -0.15) is 4.98 Å². The molecule has 0 bridgehead atoms. The molecule has 0 unspecified atom stereocenters.